The summed E-state index contributed by atoms with van der Waals surface area (Å²) in [4.78, 5) is 23.0. The number of ether oxygens (including phenoxy) is 2. The Morgan fingerprint density at radius 2 is 1.75 bits per heavy atom. The molecule has 1 unspecified atom stereocenters. The van der Waals surface area contributed by atoms with Gasteiger partial charge in [-0.25, -0.2) is 4.79 Å². The Hall–Kier alpha value is -2.10. The topological polar surface area (TPSA) is 52.6 Å². The van der Waals surface area contributed by atoms with Crippen molar-refractivity contribution in [2.24, 2.45) is 0 Å². The largest absolute Gasteiger partial charge is 0.460 e. The van der Waals surface area contributed by atoms with Gasteiger partial charge in [-0.2, -0.15) is 0 Å². The summed E-state index contributed by atoms with van der Waals surface area (Å²) in [5.41, 5.74) is 0.294. The molecule has 0 heterocycles. The number of benzene rings is 1. The van der Waals surface area contributed by atoms with E-state index in [0.717, 1.165) is 11.6 Å². The molecule has 0 saturated heterocycles. The number of carbonyl (C=O) groups is 2. The van der Waals surface area contributed by atoms with Crippen LogP contribution in [0.1, 0.15) is 39.2 Å². The molecule has 1 atom stereocenters. The standard InChI is InChI=1S/C16H20O4/c1-6-14(17)19-13-9-7-12(8-10-13)11(2)15(18)20-16(3,4)5/h6-11H,1H2,2-5H3. The monoisotopic (exact) mass is 276 g/mol. The summed E-state index contributed by atoms with van der Waals surface area (Å²) in [6.45, 7) is 10.6. The minimum absolute atomic E-state index is 0.284. The van der Waals surface area contributed by atoms with Crippen LogP contribution in [0.25, 0.3) is 0 Å². The molecule has 1 aromatic carbocycles. The first-order valence-electron chi connectivity index (χ1n) is 6.40. The molecule has 0 amide bonds. The zero-order valence-electron chi connectivity index (χ0n) is 12.3. The lowest BCUT2D eigenvalue weighted by molar-refractivity contribution is -0.156. The third-order valence-electron chi connectivity index (χ3n) is 2.53. The van der Waals surface area contributed by atoms with Gasteiger partial charge in [0.15, 0.2) is 0 Å². The van der Waals surface area contributed by atoms with E-state index >= 15 is 0 Å². The normalized spacial score (nSPS) is 12.4. The number of esters is 2. The third kappa shape index (κ3) is 4.88. The van der Waals surface area contributed by atoms with Crippen LogP contribution in [-0.4, -0.2) is 17.5 Å². The van der Waals surface area contributed by atoms with Gasteiger partial charge in [-0.1, -0.05) is 18.7 Å². The van der Waals surface area contributed by atoms with Gasteiger partial charge in [0.05, 0.1) is 5.92 Å². The van der Waals surface area contributed by atoms with E-state index in [2.05, 4.69) is 6.58 Å². The molecule has 108 valence electrons. The smallest absolute Gasteiger partial charge is 0.335 e. The Labute approximate surface area is 119 Å². The average molecular weight is 276 g/mol. The van der Waals surface area contributed by atoms with Crippen LogP contribution in [0.5, 0.6) is 5.75 Å². The van der Waals surface area contributed by atoms with E-state index in [1.807, 2.05) is 20.8 Å². The second kappa shape index (κ2) is 6.37. The predicted octanol–water partition coefficient (Wildman–Crippen LogP) is 3.22. The molecule has 1 rings (SSSR count). The summed E-state index contributed by atoms with van der Waals surface area (Å²) in [5, 5.41) is 0. The highest BCUT2D eigenvalue weighted by Crippen LogP contribution is 2.22. The van der Waals surface area contributed by atoms with Crippen LogP contribution in [0.4, 0.5) is 0 Å². The van der Waals surface area contributed by atoms with Gasteiger partial charge in [0.1, 0.15) is 11.4 Å². The van der Waals surface area contributed by atoms with Crippen molar-refractivity contribution in [1.82, 2.24) is 0 Å². The molecule has 0 aliphatic rings. The van der Waals surface area contributed by atoms with Crippen LogP contribution in [0.2, 0.25) is 0 Å². The molecule has 1 aromatic rings. The van der Waals surface area contributed by atoms with Gasteiger partial charge < -0.3 is 9.47 Å². The lowest BCUT2D eigenvalue weighted by Gasteiger charge is -2.22. The highest BCUT2D eigenvalue weighted by molar-refractivity contribution is 5.83. The first-order chi connectivity index (χ1) is 9.23. The molecule has 20 heavy (non-hydrogen) atoms. The minimum atomic E-state index is -0.516. The van der Waals surface area contributed by atoms with Crippen molar-refractivity contribution in [3.8, 4) is 5.75 Å². The Balaban J connectivity index is 2.75. The predicted molar refractivity (Wildman–Crippen MR) is 76.5 cm³/mol. The Morgan fingerprint density at radius 3 is 2.20 bits per heavy atom. The molecule has 0 N–H and O–H groups in total. The molecule has 0 fully saturated rings. The molecule has 0 aliphatic heterocycles. The number of hydrogen-bond donors (Lipinski definition) is 0. The molecular formula is C16H20O4. The van der Waals surface area contributed by atoms with Crippen molar-refractivity contribution in [2.75, 3.05) is 0 Å². The second-order valence-corrected chi connectivity index (χ2v) is 5.45. The van der Waals surface area contributed by atoms with Crippen LogP contribution in [0, 0.1) is 0 Å². The molecule has 0 saturated carbocycles. The molecule has 0 radical (unpaired) electrons. The van der Waals surface area contributed by atoms with Crippen LogP contribution in [0.3, 0.4) is 0 Å². The van der Waals surface area contributed by atoms with E-state index < -0.39 is 11.6 Å². The summed E-state index contributed by atoms with van der Waals surface area (Å²) >= 11 is 0. The van der Waals surface area contributed by atoms with Crippen molar-refractivity contribution in [3.63, 3.8) is 0 Å². The summed E-state index contributed by atoms with van der Waals surface area (Å²) < 4.78 is 10.3. The first-order valence-corrected chi connectivity index (χ1v) is 6.40. The van der Waals surface area contributed by atoms with Crippen molar-refractivity contribution >= 4 is 11.9 Å². The van der Waals surface area contributed by atoms with Crippen LogP contribution < -0.4 is 4.74 Å². The summed E-state index contributed by atoms with van der Waals surface area (Å²) in [6.07, 6.45) is 1.09. The lowest BCUT2D eigenvalue weighted by atomic mass is 10.0. The van der Waals surface area contributed by atoms with E-state index in [4.69, 9.17) is 9.47 Å². The quantitative estimate of drug-likeness (QED) is 0.481. The molecule has 0 aromatic heterocycles. The van der Waals surface area contributed by atoms with Gasteiger partial charge in [-0.15, -0.1) is 0 Å². The van der Waals surface area contributed by atoms with Crippen LogP contribution in [0.15, 0.2) is 36.9 Å². The molecule has 0 aliphatic carbocycles. The number of hydrogen-bond acceptors (Lipinski definition) is 4. The Kier molecular flexibility index (Phi) is 5.08. The Bertz CT molecular complexity index is 494. The van der Waals surface area contributed by atoms with Gasteiger partial charge in [0, 0.05) is 6.08 Å². The fraction of sp³-hybridized carbons (Fsp3) is 0.375. The lowest BCUT2D eigenvalue weighted by Crippen LogP contribution is -2.26. The van der Waals surface area contributed by atoms with Gasteiger partial charge in [-0.3, -0.25) is 4.79 Å². The van der Waals surface area contributed by atoms with Crippen molar-refractivity contribution in [2.45, 2.75) is 39.2 Å². The number of carbonyl (C=O) groups excluding carboxylic acids is 2. The number of rotatable bonds is 4. The molecule has 4 heteroatoms. The van der Waals surface area contributed by atoms with E-state index in [9.17, 15) is 9.59 Å². The summed E-state index contributed by atoms with van der Waals surface area (Å²) in [5.74, 6) is -0.764. The Morgan fingerprint density at radius 1 is 1.20 bits per heavy atom. The summed E-state index contributed by atoms with van der Waals surface area (Å²) in [6, 6.07) is 6.75. The van der Waals surface area contributed by atoms with Gasteiger partial charge >= 0.3 is 11.9 Å². The SMILES string of the molecule is C=CC(=O)Oc1ccc(C(C)C(=O)OC(C)(C)C)cc1. The van der Waals surface area contributed by atoms with Gasteiger partial charge in [-0.05, 0) is 45.4 Å². The molecular weight excluding hydrogens is 256 g/mol. The fourth-order valence-corrected chi connectivity index (χ4v) is 1.51. The van der Waals surface area contributed by atoms with Gasteiger partial charge in [0.25, 0.3) is 0 Å². The zero-order valence-corrected chi connectivity index (χ0v) is 12.3. The molecule has 0 bridgehead atoms. The molecule has 4 nitrogen and oxygen atoms in total. The van der Waals surface area contributed by atoms with Crippen molar-refractivity contribution in [3.05, 3.63) is 42.5 Å². The highest BCUT2D eigenvalue weighted by Gasteiger charge is 2.22. The maximum Gasteiger partial charge on any atom is 0.335 e. The maximum absolute atomic E-state index is 11.9. The van der Waals surface area contributed by atoms with Crippen molar-refractivity contribution in [1.29, 1.82) is 0 Å². The zero-order chi connectivity index (χ0) is 15.3. The van der Waals surface area contributed by atoms with Crippen molar-refractivity contribution < 1.29 is 19.1 Å². The van der Waals surface area contributed by atoms with Crippen LogP contribution >= 0.6 is 0 Å². The maximum atomic E-state index is 11.9. The van der Waals surface area contributed by atoms with E-state index in [1.54, 1.807) is 31.2 Å². The fourth-order valence-electron chi connectivity index (χ4n) is 1.51. The third-order valence-corrected chi connectivity index (χ3v) is 2.53. The van der Waals surface area contributed by atoms with E-state index in [0.29, 0.717) is 5.75 Å². The minimum Gasteiger partial charge on any atom is -0.460 e. The second-order valence-electron chi connectivity index (χ2n) is 5.45. The van der Waals surface area contributed by atoms with Gasteiger partial charge in [0.2, 0.25) is 0 Å². The highest BCUT2D eigenvalue weighted by atomic mass is 16.6. The van der Waals surface area contributed by atoms with Crippen LogP contribution in [-0.2, 0) is 14.3 Å². The first kappa shape index (κ1) is 16.0. The van der Waals surface area contributed by atoms with E-state index in [-0.39, 0.29) is 11.9 Å². The molecule has 0 spiro atoms. The van der Waals surface area contributed by atoms with E-state index in [1.165, 1.54) is 0 Å². The average Bonchev–Trinajstić information content (AvgIpc) is 2.36. The summed E-state index contributed by atoms with van der Waals surface area (Å²) in [7, 11) is 0.